The van der Waals surface area contributed by atoms with Gasteiger partial charge in [0.05, 0.1) is 11.0 Å². The summed E-state index contributed by atoms with van der Waals surface area (Å²) in [7, 11) is 0. The molecule has 0 aliphatic heterocycles. The zero-order chi connectivity index (χ0) is 16.5. The average molecular weight is 318 g/mol. The van der Waals surface area contributed by atoms with Crippen molar-refractivity contribution in [3.8, 4) is 11.5 Å². The van der Waals surface area contributed by atoms with Crippen LogP contribution in [0.25, 0.3) is 22.5 Å². The Morgan fingerprint density at radius 2 is 1.79 bits per heavy atom. The second-order valence-electron chi connectivity index (χ2n) is 5.43. The SMILES string of the molecule is CC(=O)c1nc2ccccc2n1Cc1nnc(-c2ccccc2)o1. The number of hydrogen-bond donors (Lipinski definition) is 0. The Labute approximate surface area is 137 Å². The van der Waals surface area contributed by atoms with Gasteiger partial charge in [0.15, 0.2) is 11.6 Å². The molecule has 24 heavy (non-hydrogen) atoms. The van der Waals surface area contributed by atoms with E-state index in [9.17, 15) is 4.79 Å². The third-order valence-corrected chi connectivity index (χ3v) is 3.75. The van der Waals surface area contributed by atoms with Crippen LogP contribution in [0.2, 0.25) is 0 Å². The van der Waals surface area contributed by atoms with Gasteiger partial charge in [-0.2, -0.15) is 0 Å². The molecule has 0 N–H and O–H groups in total. The van der Waals surface area contributed by atoms with Gasteiger partial charge >= 0.3 is 0 Å². The Morgan fingerprint density at radius 1 is 1.04 bits per heavy atom. The Bertz CT molecular complexity index is 1020. The molecule has 2 heterocycles. The van der Waals surface area contributed by atoms with E-state index in [1.54, 1.807) is 4.57 Å². The molecule has 0 amide bonds. The van der Waals surface area contributed by atoms with Gasteiger partial charge < -0.3 is 8.98 Å². The molecule has 0 atom stereocenters. The van der Waals surface area contributed by atoms with E-state index >= 15 is 0 Å². The van der Waals surface area contributed by atoms with Crippen LogP contribution in [0.4, 0.5) is 0 Å². The van der Waals surface area contributed by atoms with E-state index in [-0.39, 0.29) is 5.78 Å². The van der Waals surface area contributed by atoms with Crippen molar-refractivity contribution >= 4 is 16.8 Å². The lowest BCUT2D eigenvalue weighted by molar-refractivity contribution is 0.1000. The first-order chi connectivity index (χ1) is 11.7. The minimum atomic E-state index is -0.103. The maximum absolute atomic E-state index is 11.9. The number of nitrogens with zero attached hydrogens (tertiary/aromatic N) is 4. The Hall–Kier alpha value is -3.28. The molecule has 0 spiro atoms. The number of para-hydroxylation sites is 2. The van der Waals surface area contributed by atoms with Crippen LogP contribution in [0.5, 0.6) is 0 Å². The number of carbonyl (C=O) groups is 1. The van der Waals surface area contributed by atoms with E-state index in [1.165, 1.54) is 6.92 Å². The Morgan fingerprint density at radius 3 is 2.58 bits per heavy atom. The number of imidazole rings is 1. The molecule has 6 heteroatoms. The van der Waals surface area contributed by atoms with Crippen molar-refractivity contribution in [2.45, 2.75) is 13.5 Å². The normalized spacial score (nSPS) is 11.0. The van der Waals surface area contributed by atoms with Gasteiger partial charge in [-0.05, 0) is 24.3 Å². The van der Waals surface area contributed by atoms with Crippen LogP contribution in [0.3, 0.4) is 0 Å². The molecule has 0 fully saturated rings. The van der Waals surface area contributed by atoms with Gasteiger partial charge in [0, 0.05) is 12.5 Å². The third-order valence-electron chi connectivity index (χ3n) is 3.75. The molecule has 6 nitrogen and oxygen atoms in total. The third kappa shape index (κ3) is 2.48. The van der Waals surface area contributed by atoms with Crippen molar-refractivity contribution in [3.05, 3.63) is 66.3 Å². The Balaban J connectivity index is 1.74. The van der Waals surface area contributed by atoms with Crippen LogP contribution < -0.4 is 0 Å². The van der Waals surface area contributed by atoms with Crippen molar-refractivity contribution < 1.29 is 9.21 Å². The molecule has 0 saturated heterocycles. The van der Waals surface area contributed by atoms with Crippen molar-refractivity contribution in [3.63, 3.8) is 0 Å². The molecule has 0 aliphatic carbocycles. The highest BCUT2D eigenvalue weighted by atomic mass is 16.4. The molecular weight excluding hydrogens is 304 g/mol. The molecule has 0 saturated carbocycles. The number of rotatable bonds is 4. The van der Waals surface area contributed by atoms with Gasteiger partial charge in [-0.3, -0.25) is 4.79 Å². The summed E-state index contributed by atoms with van der Waals surface area (Å²) < 4.78 is 7.55. The van der Waals surface area contributed by atoms with Gasteiger partial charge in [0.2, 0.25) is 11.8 Å². The quantitative estimate of drug-likeness (QED) is 0.540. The summed E-state index contributed by atoms with van der Waals surface area (Å²) in [6.45, 7) is 1.80. The fraction of sp³-hybridized carbons (Fsp3) is 0.111. The molecule has 2 aromatic carbocycles. The fourth-order valence-electron chi connectivity index (χ4n) is 2.65. The lowest BCUT2D eigenvalue weighted by atomic mass is 10.2. The summed E-state index contributed by atoms with van der Waals surface area (Å²) in [6, 6.07) is 17.2. The van der Waals surface area contributed by atoms with Gasteiger partial charge in [-0.15, -0.1) is 10.2 Å². The number of carbonyl (C=O) groups excluding carboxylic acids is 1. The van der Waals surface area contributed by atoms with Crippen molar-refractivity contribution in [2.24, 2.45) is 0 Å². The highest BCUT2D eigenvalue weighted by Gasteiger charge is 2.17. The minimum Gasteiger partial charge on any atom is -0.419 e. The monoisotopic (exact) mass is 318 g/mol. The fourth-order valence-corrected chi connectivity index (χ4v) is 2.65. The zero-order valence-electron chi connectivity index (χ0n) is 13.0. The summed E-state index contributed by atoms with van der Waals surface area (Å²) in [4.78, 5) is 16.3. The summed E-state index contributed by atoms with van der Waals surface area (Å²) in [5.74, 6) is 1.17. The van der Waals surface area contributed by atoms with Crippen molar-refractivity contribution in [1.29, 1.82) is 0 Å². The highest BCUT2D eigenvalue weighted by Crippen LogP contribution is 2.21. The number of fused-ring (bicyclic) bond motifs is 1. The number of Topliss-reactive ketones (excluding diaryl/α,β-unsaturated/α-hetero) is 1. The van der Waals surface area contributed by atoms with E-state index in [0.29, 0.717) is 24.2 Å². The van der Waals surface area contributed by atoms with Crippen molar-refractivity contribution in [1.82, 2.24) is 19.7 Å². The van der Waals surface area contributed by atoms with Crippen LogP contribution in [-0.4, -0.2) is 25.5 Å². The maximum Gasteiger partial charge on any atom is 0.247 e. The zero-order valence-corrected chi connectivity index (χ0v) is 13.0. The summed E-state index contributed by atoms with van der Waals surface area (Å²) in [5.41, 5.74) is 2.49. The van der Waals surface area contributed by atoms with Gasteiger partial charge in [0.25, 0.3) is 0 Å². The molecule has 4 aromatic rings. The van der Waals surface area contributed by atoms with Crippen LogP contribution >= 0.6 is 0 Å². The first-order valence-corrected chi connectivity index (χ1v) is 7.56. The van der Waals surface area contributed by atoms with Crippen LogP contribution in [0.1, 0.15) is 23.4 Å². The molecule has 118 valence electrons. The predicted octanol–water partition coefficient (Wildman–Crippen LogP) is 3.34. The number of hydrogen-bond acceptors (Lipinski definition) is 5. The van der Waals surface area contributed by atoms with E-state index in [2.05, 4.69) is 15.2 Å². The molecule has 2 aromatic heterocycles. The highest BCUT2D eigenvalue weighted by molar-refractivity contribution is 5.94. The largest absolute Gasteiger partial charge is 0.419 e. The molecule has 0 radical (unpaired) electrons. The van der Waals surface area contributed by atoms with E-state index in [1.807, 2.05) is 54.6 Å². The minimum absolute atomic E-state index is 0.103. The van der Waals surface area contributed by atoms with Crippen molar-refractivity contribution in [2.75, 3.05) is 0 Å². The van der Waals surface area contributed by atoms with E-state index < -0.39 is 0 Å². The first kappa shape index (κ1) is 14.3. The molecule has 0 aliphatic rings. The van der Waals surface area contributed by atoms with Crippen LogP contribution in [-0.2, 0) is 6.54 Å². The molecular formula is C18H14N4O2. The van der Waals surface area contributed by atoms with Crippen LogP contribution in [0.15, 0.2) is 59.0 Å². The number of aromatic nitrogens is 4. The summed E-state index contributed by atoms with van der Waals surface area (Å²) in [5, 5.41) is 8.18. The lowest BCUT2D eigenvalue weighted by Gasteiger charge is -2.03. The van der Waals surface area contributed by atoms with Gasteiger partial charge in [-0.25, -0.2) is 4.98 Å². The lowest BCUT2D eigenvalue weighted by Crippen LogP contribution is -2.09. The first-order valence-electron chi connectivity index (χ1n) is 7.56. The smallest absolute Gasteiger partial charge is 0.247 e. The van der Waals surface area contributed by atoms with E-state index in [0.717, 1.165) is 16.6 Å². The Kier molecular flexibility index (Phi) is 3.42. The predicted molar refractivity (Wildman–Crippen MR) is 88.6 cm³/mol. The van der Waals surface area contributed by atoms with Gasteiger partial charge in [0.1, 0.15) is 6.54 Å². The summed E-state index contributed by atoms with van der Waals surface area (Å²) in [6.07, 6.45) is 0. The topological polar surface area (TPSA) is 73.8 Å². The maximum atomic E-state index is 11.9. The molecule has 4 rings (SSSR count). The number of benzene rings is 2. The van der Waals surface area contributed by atoms with Crippen LogP contribution in [0, 0.1) is 0 Å². The summed E-state index contributed by atoms with van der Waals surface area (Å²) >= 11 is 0. The molecule has 0 bridgehead atoms. The second-order valence-corrected chi connectivity index (χ2v) is 5.43. The van der Waals surface area contributed by atoms with E-state index in [4.69, 9.17) is 4.42 Å². The standard InChI is InChI=1S/C18H14N4O2/c1-12(23)17-19-14-9-5-6-10-15(14)22(17)11-16-20-21-18(24-16)13-7-3-2-4-8-13/h2-10H,11H2,1H3. The van der Waals surface area contributed by atoms with Gasteiger partial charge in [-0.1, -0.05) is 30.3 Å². The second kappa shape index (κ2) is 5.73. The average Bonchev–Trinajstić information content (AvgIpc) is 3.21. The molecule has 0 unspecified atom stereocenters. The number of ketones is 1.